The molecule has 0 saturated heterocycles. The van der Waals surface area contributed by atoms with Gasteiger partial charge in [-0.1, -0.05) is 6.07 Å². The maximum Gasteiger partial charge on any atom is 0.251 e. The van der Waals surface area contributed by atoms with E-state index in [1.807, 2.05) is 19.1 Å². The van der Waals surface area contributed by atoms with Gasteiger partial charge in [-0.15, -0.1) is 11.3 Å². The number of carbonyl (C=O) groups is 1. The number of methoxy groups -OCH3 is 1. The van der Waals surface area contributed by atoms with E-state index in [1.54, 1.807) is 23.7 Å². The molecule has 3 rings (SSSR count). The van der Waals surface area contributed by atoms with E-state index in [0.29, 0.717) is 11.1 Å². The number of fused-ring (bicyclic) bond motifs is 1. The molecule has 1 atom stereocenters. The Bertz CT molecular complexity index is 863. The Kier molecular flexibility index (Phi) is 4.25. The molecule has 6 heteroatoms. The third kappa shape index (κ3) is 3.17. The van der Waals surface area contributed by atoms with Crippen molar-refractivity contribution in [2.24, 2.45) is 0 Å². The molecule has 0 fully saturated rings. The Morgan fingerprint density at radius 2 is 2.13 bits per heavy atom. The van der Waals surface area contributed by atoms with Crippen LogP contribution in [0.2, 0.25) is 0 Å². The molecule has 23 heavy (non-hydrogen) atoms. The molecule has 4 nitrogen and oxygen atoms in total. The first-order valence-corrected chi connectivity index (χ1v) is 7.94. The zero-order valence-corrected chi connectivity index (χ0v) is 13.5. The van der Waals surface area contributed by atoms with Crippen LogP contribution in [0.4, 0.5) is 4.39 Å². The molecule has 1 amide bonds. The van der Waals surface area contributed by atoms with Crippen LogP contribution in [0.3, 0.4) is 0 Å². The summed E-state index contributed by atoms with van der Waals surface area (Å²) in [4.78, 5) is 16.5. The molecule has 0 aliphatic carbocycles. The summed E-state index contributed by atoms with van der Waals surface area (Å²) >= 11 is 1.49. The highest BCUT2D eigenvalue weighted by Crippen LogP contribution is 2.23. The molecule has 3 aromatic rings. The van der Waals surface area contributed by atoms with E-state index in [2.05, 4.69) is 10.3 Å². The van der Waals surface area contributed by atoms with Gasteiger partial charge in [0.05, 0.1) is 28.9 Å². The minimum Gasteiger partial charge on any atom is -0.494 e. The topological polar surface area (TPSA) is 51.2 Å². The molecular formula is C17H15FN2O2S. The Morgan fingerprint density at radius 3 is 2.87 bits per heavy atom. The van der Waals surface area contributed by atoms with Crippen LogP contribution in [0.15, 0.2) is 41.9 Å². The number of ether oxygens (including phenoxy) is 1. The molecule has 0 aliphatic rings. The van der Waals surface area contributed by atoms with Gasteiger partial charge in [0.2, 0.25) is 0 Å². The maximum absolute atomic E-state index is 13.8. The number of hydrogen-bond donors (Lipinski definition) is 1. The Morgan fingerprint density at radius 1 is 1.30 bits per heavy atom. The Balaban J connectivity index is 1.77. The lowest BCUT2D eigenvalue weighted by Crippen LogP contribution is -2.26. The number of amides is 1. The van der Waals surface area contributed by atoms with E-state index in [9.17, 15) is 9.18 Å². The van der Waals surface area contributed by atoms with Crippen molar-refractivity contribution in [2.75, 3.05) is 7.11 Å². The predicted octanol–water partition coefficient (Wildman–Crippen LogP) is 3.94. The van der Waals surface area contributed by atoms with Gasteiger partial charge >= 0.3 is 0 Å². The van der Waals surface area contributed by atoms with Crippen molar-refractivity contribution in [3.8, 4) is 5.75 Å². The summed E-state index contributed by atoms with van der Waals surface area (Å²) in [6.07, 6.45) is 0. The van der Waals surface area contributed by atoms with Gasteiger partial charge in [0.15, 0.2) is 11.6 Å². The SMILES string of the molecule is COc1ccc(C(C)NC(=O)c2ccc3ncsc3c2)cc1F. The lowest BCUT2D eigenvalue weighted by Gasteiger charge is -2.15. The number of aromatic nitrogens is 1. The van der Waals surface area contributed by atoms with Gasteiger partial charge in [-0.3, -0.25) is 4.79 Å². The molecule has 118 valence electrons. The van der Waals surface area contributed by atoms with Gasteiger partial charge in [-0.2, -0.15) is 0 Å². The molecule has 1 N–H and O–H groups in total. The lowest BCUT2D eigenvalue weighted by molar-refractivity contribution is 0.0940. The van der Waals surface area contributed by atoms with Crippen LogP contribution in [-0.2, 0) is 0 Å². The number of nitrogens with zero attached hydrogens (tertiary/aromatic N) is 1. The fourth-order valence-corrected chi connectivity index (χ4v) is 3.03. The van der Waals surface area contributed by atoms with Crippen LogP contribution >= 0.6 is 11.3 Å². The van der Waals surface area contributed by atoms with Gasteiger partial charge < -0.3 is 10.1 Å². The van der Waals surface area contributed by atoms with Crippen LogP contribution in [-0.4, -0.2) is 18.0 Å². The average Bonchev–Trinajstić information content (AvgIpc) is 3.02. The molecule has 2 aromatic carbocycles. The van der Waals surface area contributed by atoms with Crippen molar-refractivity contribution in [3.63, 3.8) is 0 Å². The maximum atomic E-state index is 13.8. The smallest absolute Gasteiger partial charge is 0.251 e. The molecule has 1 aromatic heterocycles. The summed E-state index contributed by atoms with van der Waals surface area (Å²) in [5.41, 5.74) is 3.85. The molecule has 0 bridgehead atoms. The highest BCUT2D eigenvalue weighted by Gasteiger charge is 2.14. The zero-order chi connectivity index (χ0) is 16.4. The molecule has 1 heterocycles. The third-order valence-corrected chi connectivity index (χ3v) is 4.41. The molecule has 0 radical (unpaired) electrons. The van der Waals surface area contributed by atoms with E-state index >= 15 is 0 Å². The van der Waals surface area contributed by atoms with Crippen molar-refractivity contribution in [1.82, 2.24) is 10.3 Å². The standard InChI is InChI=1S/C17H15FN2O2S/c1-10(11-4-6-15(22-2)13(18)7-11)20-17(21)12-3-5-14-16(8-12)23-9-19-14/h3-10H,1-2H3,(H,20,21). The third-order valence-electron chi connectivity index (χ3n) is 3.62. The zero-order valence-electron chi connectivity index (χ0n) is 12.7. The first-order valence-electron chi connectivity index (χ1n) is 7.06. The Labute approximate surface area is 136 Å². The number of hydrogen-bond acceptors (Lipinski definition) is 4. The predicted molar refractivity (Wildman–Crippen MR) is 88.5 cm³/mol. The monoisotopic (exact) mass is 330 g/mol. The van der Waals surface area contributed by atoms with E-state index in [-0.39, 0.29) is 17.7 Å². The van der Waals surface area contributed by atoms with Gasteiger partial charge in [0.25, 0.3) is 5.91 Å². The highest BCUT2D eigenvalue weighted by molar-refractivity contribution is 7.16. The summed E-state index contributed by atoms with van der Waals surface area (Å²) < 4.78 is 19.6. The minimum atomic E-state index is -0.447. The first kappa shape index (κ1) is 15.4. The van der Waals surface area contributed by atoms with Crippen LogP contribution in [0.25, 0.3) is 10.2 Å². The second-order valence-corrected chi connectivity index (χ2v) is 6.01. The lowest BCUT2D eigenvalue weighted by atomic mass is 10.1. The summed E-state index contributed by atoms with van der Waals surface area (Å²) in [5, 5.41) is 2.87. The van der Waals surface area contributed by atoms with Crippen molar-refractivity contribution in [1.29, 1.82) is 0 Å². The van der Waals surface area contributed by atoms with E-state index < -0.39 is 5.82 Å². The largest absolute Gasteiger partial charge is 0.494 e. The highest BCUT2D eigenvalue weighted by atomic mass is 32.1. The number of halogens is 1. The fourth-order valence-electron chi connectivity index (χ4n) is 2.31. The second kappa shape index (κ2) is 6.34. The van der Waals surface area contributed by atoms with Crippen molar-refractivity contribution in [2.45, 2.75) is 13.0 Å². The number of thiazole rings is 1. The first-order chi connectivity index (χ1) is 11.1. The van der Waals surface area contributed by atoms with Gasteiger partial charge in [-0.05, 0) is 42.8 Å². The van der Waals surface area contributed by atoms with Crippen LogP contribution in [0.1, 0.15) is 28.9 Å². The Hall–Kier alpha value is -2.47. The molecule has 1 unspecified atom stereocenters. The summed E-state index contributed by atoms with van der Waals surface area (Å²) in [6.45, 7) is 1.81. The quantitative estimate of drug-likeness (QED) is 0.788. The van der Waals surface area contributed by atoms with Crippen molar-refractivity contribution in [3.05, 3.63) is 58.9 Å². The van der Waals surface area contributed by atoms with Gasteiger partial charge in [0, 0.05) is 5.56 Å². The van der Waals surface area contributed by atoms with Crippen LogP contribution < -0.4 is 10.1 Å². The van der Waals surface area contributed by atoms with E-state index in [1.165, 1.54) is 24.5 Å². The number of carbonyl (C=O) groups excluding carboxylic acids is 1. The van der Waals surface area contributed by atoms with Crippen LogP contribution in [0.5, 0.6) is 5.75 Å². The molecular weight excluding hydrogens is 315 g/mol. The van der Waals surface area contributed by atoms with Crippen molar-refractivity contribution < 1.29 is 13.9 Å². The molecule has 0 spiro atoms. The number of rotatable bonds is 4. The average molecular weight is 330 g/mol. The fraction of sp³-hybridized carbons (Fsp3) is 0.176. The second-order valence-electron chi connectivity index (χ2n) is 5.12. The van der Waals surface area contributed by atoms with Gasteiger partial charge in [-0.25, -0.2) is 9.37 Å². The van der Waals surface area contributed by atoms with Crippen LogP contribution in [0, 0.1) is 5.82 Å². The number of benzene rings is 2. The summed E-state index contributed by atoms with van der Waals surface area (Å²) in [6, 6.07) is 9.70. The van der Waals surface area contributed by atoms with Crippen molar-refractivity contribution >= 4 is 27.5 Å². The number of nitrogens with one attached hydrogen (secondary N) is 1. The van der Waals surface area contributed by atoms with E-state index in [4.69, 9.17) is 4.74 Å². The summed E-state index contributed by atoms with van der Waals surface area (Å²) in [5.74, 6) is -0.468. The minimum absolute atomic E-state index is 0.183. The normalized spacial score (nSPS) is 12.1. The van der Waals surface area contributed by atoms with E-state index in [0.717, 1.165) is 10.2 Å². The van der Waals surface area contributed by atoms with Gasteiger partial charge in [0.1, 0.15) is 0 Å². The molecule has 0 aliphatic heterocycles. The molecule has 0 saturated carbocycles. The summed E-state index contributed by atoms with van der Waals surface area (Å²) in [7, 11) is 1.42.